The first-order valence-electron chi connectivity index (χ1n) is 10.1. The summed E-state index contributed by atoms with van der Waals surface area (Å²) < 4.78 is 6.34. The SMILES string of the molecule is CC(=O)N1CCCc2cc3c(cc21)[C@@]1(C)OCC[C@H]1[C@H](c1ccc(O)cc1)N3. The van der Waals surface area contributed by atoms with Gasteiger partial charge in [-0.1, -0.05) is 12.1 Å². The first kappa shape index (κ1) is 17.6. The molecule has 3 aliphatic rings. The number of phenols is 1. The number of hydrogen-bond acceptors (Lipinski definition) is 4. The largest absolute Gasteiger partial charge is 0.508 e. The molecule has 5 nitrogen and oxygen atoms in total. The Morgan fingerprint density at radius 2 is 2.07 bits per heavy atom. The number of phenolic OH excluding ortho intramolecular Hbond substituents is 1. The van der Waals surface area contributed by atoms with Gasteiger partial charge in [0.1, 0.15) is 5.75 Å². The molecule has 5 rings (SSSR count). The van der Waals surface area contributed by atoms with E-state index in [0.717, 1.165) is 54.9 Å². The van der Waals surface area contributed by atoms with Crippen LogP contribution in [0.1, 0.15) is 49.4 Å². The van der Waals surface area contributed by atoms with Crippen molar-refractivity contribution in [2.45, 2.75) is 44.8 Å². The Bertz CT molecular complexity index is 940. The second kappa shape index (κ2) is 6.24. The van der Waals surface area contributed by atoms with E-state index in [0.29, 0.717) is 0 Å². The Labute approximate surface area is 165 Å². The third kappa shape index (κ3) is 2.53. The second-order valence-electron chi connectivity index (χ2n) is 8.36. The fourth-order valence-corrected chi connectivity index (χ4v) is 5.30. The van der Waals surface area contributed by atoms with Gasteiger partial charge in [0.05, 0.1) is 11.6 Å². The summed E-state index contributed by atoms with van der Waals surface area (Å²) in [5.41, 5.74) is 5.28. The van der Waals surface area contributed by atoms with Gasteiger partial charge in [0.15, 0.2) is 0 Å². The molecule has 3 aliphatic heterocycles. The molecule has 3 atom stereocenters. The summed E-state index contributed by atoms with van der Waals surface area (Å²) >= 11 is 0. The van der Waals surface area contributed by atoms with Crippen LogP contribution >= 0.6 is 0 Å². The lowest BCUT2D eigenvalue weighted by atomic mass is 9.72. The summed E-state index contributed by atoms with van der Waals surface area (Å²) in [5, 5.41) is 13.4. The number of benzene rings is 2. The van der Waals surface area contributed by atoms with Crippen molar-refractivity contribution in [3.05, 3.63) is 53.1 Å². The molecule has 146 valence electrons. The van der Waals surface area contributed by atoms with Gasteiger partial charge in [0.25, 0.3) is 0 Å². The monoisotopic (exact) mass is 378 g/mol. The zero-order valence-corrected chi connectivity index (χ0v) is 16.4. The van der Waals surface area contributed by atoms with E-state index in [9.17, 15) is 9.90 Å². The third-order valence-corrected chi connectivity index (χ3v) is 6.76. The summed E-state index contributed by atoms with van der Waals surface area (Å²) in [7, 11) is 0. The highest BCUT2D eigenvalue weighted by Gasteiger charge is 2.50. The maximum atomic E-state index is 12.2. The van der Waals surface area contributed by atoms with Crippen molar-refractivity contribution in [3.8, 4) is 5.75 Å². The molecular weight excluding hydrogens is 352 g/mol. The maximum Gasteiger partial charge on any atom is 0.223 e. The summed E-state index contributed by atoms with van der Waals surface area (Å²) in [4.78, 5) is 14.1. The minimum atomic E-state index is -0.391. The van der Waals surface area contributed by atoms with Crippen LogP contribution in [0.4, 0.5) is 11.4 Å². The Morgan fingerprint density at radius 3 is 2.82 bits per heavy atom. The van der Waals surface area contributed by atoms with Gasteiger partial charge in [-0.25, -0.2) is 0 Å². The molecule has 0 aromatic heterocycles. The van der Waals surface area contributed by atoms with E-state index in [1.165, 1.54) is 5.56 Å². The fraction of sp³-hybridized carbons (Fsp3) is 0.435. The highest BCUT2D eigenvalue weighted by Crippen LogP contribution is 2.55. The number of amides is 1. The minimum Gasteiger partial charge on any atom is -0.508 e. The lowest BCUT2D eigenvalue weighted by Crippen LogP contribution is -2.41. The standard InChI is InChI=1S/C23H26N2O3/c1-14(26)25-10-3-4-16-12-20-19(13-21(16)25)23(2)18(9-11-28-23)22(24-20)15-5-7-17(27)8-6-15/h5-8,12-13,18,22,24,27H,3-4,9-11H2,1-2H3/t18-,22-,23-/m0/s1. The Balaban J connectivity index is 1.63. The first-order chi connectivity index (χ1) is 13.5. The lowest BCUT2D eigenvalue weighted by Gasteiger charge is -2.44. The van der Waals surface area contributed by atoms with Crippen LogP contribution in [0.15, 0.2) is 36.4 Å². The van der Waals surface area contributed by atoms with E-state index in [1.54, 1.807) is 19.1 Å². The Hall–Kier alpha value is -2.53. The van der Waals surface area contributed by atoms with E-state index < -0.39 is 5.60 Å². The van der Waals surface area contributed by atoms with Gasteiger partial charge in [-0.05, 0) is 61.6 Å². The number of nitrogens with zero attached hydrogens (tertiary/aromatic N) is 1. The molecule has 28 heavy (non-hydrogen) atoms. The van der Waals surface area contributed by atoms with Crippen molar-refractivity contribution in [2.24, 2.45) is 5.92 Å². The number of hydrogen-bond donors (Lipinski definition) is 2. The van der Waals surface area contributed by atoms with E-state index in [2.05, 4.69) is 24.4 Å². The average Bonchev–Trinajstić information content (AvgIpc) is 3.09. The molecule has 0 bridgehead atoms. The molecule has 0 spiro atoms. The molecule has 2 aromatic carbocycles. The fourth-order valence-electron chi connectivity index (χ4n) is 5.30. The van der Waals surface area contributed by atoms with Crippen LogP contribution in [0.5, 0.6) is 5.75 Å². The van der Waals surface area contributed by atoms with Crippen molar-refractivity contribution in [1.82, 2.24) is 0 Å². The van der Waals surface area contributed by atoms with Crippen LogP contribution < -0.4 is 10.2 Å². The van der Waals surface area contributed by atoms with Gasteiger partial charge < -0.3 is 20.1 Å². The van der Waals surface area contributed by atoms with E-state index in [-0.39, 0.29) is 23.6 Å². The molecule has 5 heteroatoms. The van der Waals surface area contributed by atoms with Gasteiger partial charge in [-0.15, -0.1) is 0 Å². The van der Waals surface area contributed by atoms with Gasteiger partial charge in [0.2, 0.25) is 5.91 Å². The van der Waals surface area contributed by atoms with Gasteiger partial charge in [0, 0.05) is 42.9 Å². The summed E-state index contributed by atoms with van der Waals surface area (Å²) in [6.07, 6.45) is 2.95. The smallest absolute Gasteiger partial charge is 0.223 e. The molecular formula is C23H26N2O3. The number of fused-ring (bicyclic) bond motifs is 4. The lowest BCUT2D eigenvalue weighted by molar-refractivity contribution is -0.116. The van der Waals surface area contributed by atoms with Crippen molar-refractivity contribution in [3.63, 3.8) is 0 Å². The van der Waals surface area contributed by atoms with Crippen molar-refractivity contribution in [1.29, 1.82) is 0 Å². The van der Waals surface area contributed by atoms with Gasteiger partial charge in [-0.2, -0.15) is 0 Å². The number of rotatable bonds is 1. The highest BCUT2D eigenvalue weighted by atomic mass is 16.5. The molecule has 0 saturated carbocycles. The number of carbonyl (C=O) groups excluding carboxylic acids is 1. The number of ether oxygens (including phenoxy) is 1. The molecule has 2 aromatic rings. The highest BCUT2D eigenvalue weighted by molar-refractivity contribution is 5.93. The quantitative estimate of drug-likeness (QED) is 0.784. The number of anilines is 2. The number of aryl methyl sites for hydroxylation is 1. The summed E-state index contributed by atoms with van der Waals surface area (Å²) in [5.74, 6) is 0.668. The van der Waals surface area contributed by atoms with Gasteiger partial charge >= 0.3 is 0 Å². The average molecular weight is 378 g/mol. The van der Waals surface area contributed by atoms with E-state index >= 15 is 0 Å². The molecule has 2 N–H and O–H groups in total. The Morgan fingerprint density at radius 1 is 1.29 bits per heavy atom. The molecule has 3 heterocycles. The minimum absolute atomic E-state index is 0.0979. The molecule has 1 amide bonds. The zero-order valence-electron chi connectivity index (χ0n) is 16.4. The second-order valence-corrected chi connectivity index (χ2v) is 8.36. The van der Waals surface area contributed by atoms with Crippen LogP contribution in [0, 0.1) is 5.92 Å². The molecule has 1 fully saturated rings. The predicted molar refractivity (Wildman–Crippen MR) is 109 cm³/mol. The maximum absolute atomic E-state index is 12.2. The zero-order chi connectivity index (χ0) is 19.5. The number of nitrogens with one attached hydrogen (secondary N) is 1. The summed E-state index contributed by atoms with van der Waals surface area (Å²) in [6, 6.07) is 12.0. The first-order valence-corrected chi connectivity index (χ1v) is 10.1. The number of aromatic hydroxyl groups is 1. The van der Waals surface area contributed by atoms with Crippen LogP contribution in [-0.2, 0) is 21.6 Å². The summed E-state index contributed by atoms with van der Waals surface area (Å²) in [6.45, 7) is 5.34. The topological polar surface area (TPSA) is 61.8 Å². The molecule has 0 radical (unpaired) electrons. The normalized spacial score (nSPS) is 28.1. The van der Waals surface area contributed by atoms with Crippen molar-refractivity contribution < 1.29 is 14.6 Å². The van der Waals surface area contributed by atoms with E-state index in [1.807, 2.05) is 17.0 Å². The number of carbonyl (C=O) groups is 1. The van der Waals surface area contributed by atoms with Crippen LogP contribution in [0.2, 0.25) is 0 Å². The van der Waals surface area contributed by atoms with Crippen molar-refractivity contribution in [2.75, 3.05) is 23.4 Å². The third-order valence-electron chi connectivity index (χ3n) is 6.76. The van der Waals surface area contributed by atoms with Crippen molar-refractivity contribution >= 4 is 17.3 Å². The van der Waals surface area contributed by atoms with Gasteiger partial charge in [-0.3, -0.25) is 4.79 Å². The van der Waals surface area contributed by atoms with Crippen LogP contribution in [-0.4, -0.2) is 24.2 Å². The van der Waals surface area contributed by atoms with Crippen LogP contribution in [0.25, 0.3) is 0 Å². The predicted octanol–water partition coefficient (Wildman–Crippen LogP) is 4.11. The van der Waals surface area contributed by atoms with E-state index in [4.69, 9.17) is 4.74 Å². The molecule has 0 aliphatic carbocycles. The molecule has 0 unspecified atom stereocenters. The molecule has 1 saturated heterocycles. The van der Waals surface area contributed by atoms with Crippen LogP contribution in [0.3, 0.4) is 0 Å². The Kier molecular flexibility index (Phi) is 3.91.